The Hall–Kier alpha value is -1.12. The second-order valence-corrected chi connectivity index (χ2v) is 5.02. The van der Waals surface area contributed by atoms with Crippen LogP contribution in [0.5, 0.6) is 0 Å². The molecule has 0 saturated heterocycles. The maximum Gasteiger partial charge on any atom is 0.0572 e. The van der Waals surface area contributed by atoms with Crippen molar-refractivity contribution in [2.24, 2.45) is 5.92 Å². The molecule has 1 saturated carbocycles. The summed E-state index contributed by atoms with van der Waals surface area (Å²) in [7, 11) is 1.70. The molecule has 2 nitrogen and oxygen atoms in total. The second-order valence-electron chi connectivity index (χ2n) is 5.02. The van der Waals surface area contributed by atoms with Crippen LogP contribution >= 0.6 is 0 Å². The highest BCUT2D eigenvalue weighted by Crippen LogP contribution is 2.27. The molecule has 1 aliphatic carbocycles. The van der Waals surface area contributed by atoms with Gasteiger partial charge in [-0.2, -0.15) is 5.48 Å². The number of hydrogen-bond acceptors (Lipinski definition) is 2. The molecule has 1 atom stereocenters. The predicted octanol–water partition coefficient (Wildman–Crippen LogP) is 3.80. The fourth-order valence-electron chi connectivity index (χ4n) is 2.70. The smallest absolute Gasteiger partial charge is 0.0572 e. The molecular formula is C16H23NO. The summed E-state index contributed by atoms with van der Waals surface area (Å²) >= 11 is 0. The van der Waals surface area contributed by atoms with Crippen molar-refractivity contribution >= 4 is 6.08 Å². The summed E-state index contributed by atoms with van der Waals surface area (Å²) in [5.74, 6) is 0.707. The zero-order chi connectivity index (χ0) is 12.6. The van der Waals surface area contributed by atoms with E-state index >= 15 is 0 Å². The van der Waals surface area contributed by atoms with Crippen molar-refractivity contribution in [3.05, 3.63) is 42.0 Å². The first-order valence-electron chi connectivity index (χ1n) is 6.92. The fraction of sp³-hybridized carbons (Fsp3) is 0.500. The molecule has 2 rings (SSSR count). The van der Waals surface area contributed by atoms with Gasteiger partial charge in [0.1, 0.15) is 0 Å². The molecule has 1 unspecified atom stereocenters. The Morgan fingerprint density at radius 2 is 1.89 bits per heavy atom. The van der Waals surface area contributed by atoms with E-state index in [1.54, 1.807) is 7.11 Å². The Morgan fingerprint density at radius 3 is 2.56 bits per heavy atom. The van der Waals surface area contributed by atoms with Gasteiger partial charge < -0.3 is 4.84 Å². The van der Waals surface area contributed by atoms with Crippen LogP contribution in [0, 0.1) is 5.92 Å². The first-order valence-corrected chi connectivity index (χ1v) is 6.92. The van der Waals surface area contributed by atoms with Gasteiger partial charge in [0, 0.05) is 0 Å². The topological polar surface area (TPSA) is 21.3 Å². The Balaban J connectivity index is 1.98. The SMILES string of the molecule is CONC(/C=C/c1ccccc1)C1CCCCC1. The van der Waals surface area contributed by atoms with E-state index < -0.39 is 0 Å². The van der Waals surface area contributed by atoms with Crippen LogP contribution in [0.25, 0.3) is 6.08 Å². The quantitative estimate of drug-likeness (QED) is 0.797. The Labute approximate surface area is 110 Å². The first kappa shape index (κ1) is 13.3. The molecule has 1 N–H and O–H groups in total. The zero-order valence-electron chi connectivity index (χ0n) is 11.1. The van der Waals surface area contributed by atoms with Gasteiger partial charge in [-0.15, -0.1) is 0 Å². The second kappa shape index (κ2) is 7.34. The van der Waals surface area contributed by atoms with Gasteiger partial charge in [-0.25, -0.2) is 0 Å². The Bertz CT molecular complexity index is 355. The summed E-state index contributed by atoms with van der Waals surface area (Å²) in [6.07, 6.45) is 11.1. The summed E-state index contributed by atoms with van der Waals surface area (Å²) in [6.45, 7) is 0. The van der Waals surface area contributed by atoms with E-state index in [2.05, 4.69) is 41.9 Å². The Morgan fingerprint density at radius 1 is 1.17 bits per heavy atom. The molecule has 0 aliphatic heterocycles. The van der Waals surface area contributed by atoms with Crippen LogP contribution in [-0.2, 0) is 4.84 Å². The minimum absolute atomic E-state index is 0.329. The standard InChI is InChI=1S/C16H23NO/c1-18-17-16(15-10-6-3-7-11-15)13-12-14-8-4-2-5-9-14/h2,4-5,8-9,12-13,15-17H,3,6-7,10-11H2,1H3/b13-12+. The molecule has 0 bridgehead atoms. The normalized spacial score (nSPS) is 19.2. The van der Waals surface area contributed by atoms with Crippen molar-refractivity contribution in [2.75, 3.05) is 7.11 Å². The minimum atomic E-state index is 0.329. The van der Waals surface area contributed by atoms with E-state index in [1.807, 2.05) is 6.07 Å². The molecule has 1 fully saturated rings. The van der Waals surface area contributed by atoms with E-state index in [9.17, 15) is 0 Å². The van der Waals surface area contributed by atoms with Gasteiger partial charge in [-0.1, -0.05) is 61.7 Å². The molecule has 98 valence electrons. The van der Waals surface area contributed by atoms with Gasteiger partial charge in [-0.3, -0.25) is 0 Å². The molecule has 18 heavy (non-hydrogen) atoms. The molecule has 0 heterocycles. The van der Waals surface area contributed by atoms with Crippen molar-refractivity contribution < 1.29 is 4.84 Å². The minimum Gasteiger partial charge on any atom is -0.305 e. The van der Waals surface area contributed by atoms with E-state index in [4.69, 9.17) is 4.84 Å². The van der Waals surface area contributed by atoms with Gasteiger partial charge in [0.15, 0.2) is 0 Å². The summed E-state index contributed by atoms with van der Waals surface area (Å²) in [5.41, 5.74) is 4.38. The van der Waals surface area contributed by atoms with E-state index in [1.165, 1.54) is 37.7 Å². The molecule has 1 aliphatic rings. The van der Waals surface area contributed by atoms with Gasteiger partial charge in [0.05, 0.1) is 13.2 Å². The number of benzene rings is 1. The van der Waals surface area contributed by atoms with Crippen LogP contribution in [0.2, 0.25) is 0 Å². The molecule has 0 radical (unpaired) electrons. The van der Waals surface area contributed by atoms with Crippen molar-refractivity contribution in [3.63, 3.8) is 0 Å². The molecule has 2 heteroatoms. The lowest BCUT2D eigenvalue weighted by molar-refractivity contribution is 0.0503. The van der Waals surface area contributed by atoms with Gasteiger partial charge in [0.2, 0.25) is 0 Å². The number of hydroxylamine groups is 1. The van der Waals surface area contributed by atoms with Crippen molar-refractivity contribution in [1.82, 2.24) is 5.48 Å². The first-order chi connectivity index (χ1) is 8.90. The van der Waals surface area contributed by atoms with Gasteiger partial charge >= 0.3 is 0 Å². The van der Waals surface area contributed by atoms with Gasteiger partial charge in [-0.05, 0) is 24.3 Å². The van der Waals surface area contributed by atoms with Crippen molar-refractivity contribution in [1.29, 1.82) is 0 Å². The molecule has 1 aromatic carbocycles. The summed E-state index contributed by atoms with van der Waals surface area (Å²) in [4.78, 5) is 5.14. The van der Waals surface area contributed by atoms with Crippen molar-refractivity contribution in [2.45, 2.75) is 38.1 Å². The van der Waals surface area contributed by atoms with Crippen LogP contribution in [0.3, 0.4) is 0 Å². The monoisotopic (exact) mass is 245 g/mol. The zero-order valence-corrected chi connectivity index (χ0v) is 11.1. The van der Waals surface area contributed by atoms with Gasteiger partial charge in [0.25, 0.3) is 0 Å². The lowest BCUT2D eigenvalue weighted by Gasteiger charge is -2.28. The molecule has 0 aromatic heterocycles. The third-order valence-electron chi connectivity index (χ3n) is 3.71. The van der Waals surface area contributed by atoms with E-state index in [0.29, 0.717) is 12.0 Å². The fourth-order valence-corrected chi connectivity index (χ4v) is 2.70. The molecule has 0 spiro atoms. The lowest BCUT2D eigenvalue weighted by Crippen LogP contribution is -2.34. The highest BCUT2D eigenvalue weighted by molar-refractivity contribution is 5.49. The Kier molecular flexibility index (Phi) is 5.43. The van der Waals surface area contributed by atoms with Crippen LogP contribution in [-0.4, -0.2) is 13.2 Å². The van der Waals surface area contributed by atoms with Crippen LogP contribution in [0.1, 0.15) is 37.7 Å². The summed E-state index contributed by atoms with van der Waals surface area (Å²) in [6, 6.07) is 10.8. The number of nitrogens with one attached hydrogen (secondary N) is 1. The van der Waals surface area contributed by atoms with E-state index in [-0.39, 0.29) is 0 Å². The van der Waals surface area contributed by atoms with E-state index in [0.717, 1.165) is 0 Å². The maximum atomic E-state index is 5.14. The molecular weight excluding hydrogens is 222 g/mol. The number of rotatable bonds is 5. The third-order valence-corrected chi connectivity index (χ3v) is 3.71. The van der Waals surface area contributed by atoms with Crippen LogP contribution in [0.4, 0.5) is 0 Å². The maximum absolute atomic E-state index is 5.14. The lowest BCUT2D eigenvalue weighted by atomic mass is 9.84. The summed E-state index contributed by atoms with van der Waals surface area (Å²) in [5, 5.41) is 0. The number of hydrogen-bond donors (Lipinski definition) is 1. The average molecular weight is 245 g/mol. The highest BCUT2D eigenvalue weighted by atomic mass is 16.6. The third kappa shape index (κ3) is 3.97. The summed E-state index contributed by atoms with van der Waals surface area (Å²) < 4.78 is 0. The van der Waals surface area contributed by atoms with Crippen LogP contribution in [0.15, 0.2) is 36.4 Å². The van der Waals surface area contributed by atoms with Crippen molar-refractivity contribution in [3.8, 4) is 0 Å². The molecule has 0 amide bonds. The highest BCUT2D eigenvalue weighted by Gasteiger charge is 2.21. The predicted molar refractivity (Wildman–Crippen MR) is 76.0 cm³/mol. The van der Waals surface area contributed by atoms with Crippen LogP contribution < -0.4 is 5.48 Å². The molecule has 1 aromatic rings. The average Bonchev–Trinajstić information content (AvgIpc) is 2.45. The largest absolute Gasteiger partial charge is 0.305 e.